The van der Waals surface area contributed by atoms with Gasteiger partial charge in [-0.2, -0.15) is 5.26 Å². The van der Waals surface area contributed by atoms with Gasteiger partial charge in [0, 0.05) is 28.5 Å². The molecule has 1 amide bonds. The van der Waals surface area contributed by atoms with Crippen LogP contribution in [-0.4, -0.2) is 28.9 Å². The van der Waals surface area contributed by atoms with Gasteiger partial charge in [-0.3, -0.25) is 9.00 Å². The summed E-state index contributed by atoms with van der Waals surface area (Å²) < 4.78 is 16.2. The van der Waals surface area contributed by atoms with Crippen molar-refractivity contribution >= 4 is 40.0 Å². The van der Waals surface area contributed by atoms with E-state index in [1.165, 1.54) is 18.2 Å². The number of amides is 1. The van der Waals surface area contributed by atoms with Crippen molar-refractivity contribution in [2.45, 2.75) is 5.75 Å². The van der Waals surface area contributed by atoms with Crippen LogP contribution in [0.4, 0.5) is 5.69 Å². The lowest BCUT2D eigenvalue weighted by Crippen LogP contribution is -2.21. The fraction of sp³-hybridized carbons (Fsp3) is 0.167. The molecule has 0 saturated carbocycles. The second-order valence-electron chi connectivity index (χ2n) is 5.35. The number of nitrogens with one attached hydrogen (secondary N) is 1. The molecule has 6 nitrogen and oxygen atoms in total. The second-order valence-corrected chi connectivity index (χ2v) is 7.19. The molecule has 1 unspecified atom stereocenters. The lowest BCUT2D eigenvalue weighted by molar-refractivity contribution is -0.119. The van der Waals surface area contributed by atoms with E-state index >= 15 is 0 Å². The summed E-state index contributed by atoms with van der Waals surface area (Å²) in [7, 11) is -1.02. The highest BCUT2D eigenvalue weighted by Gasteiger charge is 2.12. The van der Waals surface area contributed by atoms with Crippen LogP contribution in [0.25, 0.3) is 0 Å². The highest BCUT2D eigenvalue weighted by atomic mass is 35.5. The molecule has 0 aliphatic rings. The Morgan fingerprint density at radius 1 is 1.27 bits per heavy atom. The van der Waals surface area contributed by atoms with Gasteiger partial charge in [0.1, 0.15) is 6.07 Å². The summed E-state index contributed by atoms with van der Waals surface area (Å²) in [6, 6.07) is 12.9. The Balaban J connectivity index is 1.93. The number of carbonyl (C=O) groups is 2. The van der Waals surface area contributed by atoms with E-state index in [1.54, 1.807) is 30.5 Å². The third-order valence-corrected chi connectivity index (χ3v) is 4.29. The van der Waals surface area contributed by atoms with Crippen molar-refractivity contribution < 1.29 is 18.5 Å². The number of carbonyl (C=O) groups excluding carboxylic acids is 2. The van der Waals surface area contributed by atoms with Crippen molar-refractivity contribution in [2.24, 2.45) is 0 Å². The minimum atomic E-state index is -1.02. The maximum atomic E-state index is 12.0. The molecule has 0 aromatic heterocycles. The number of nitriles is 1. The number of hydrogen-bond donors (Lipinski definition) is 1. The molecule has 26 heavy (non-hydrogen) atoms. The molecule has 0 spiro atoms. The van der Waals surface area contributed by atoms with E-state index in [4.69, 9.17) is 21.6 Å². The average Bonchev–Trinajstić information content (AvgIpc) is 2.59. The van der Waals surface area contributed by atoms with Crippen LogP contribution in [0.3, 0.4) is 0 Å². The van der Waals surface area contributed by atoms with Crippen LogP contribution in [0.2, 0.25) is 5.02 Å². The SMILES string of the molecule is CS(=O)Cc1cccc(C(=O)OCC(=O)Nc2ccc(C#N)c(Cl)c2)c1. The number of rotatable bonds is 6. The summed E-state index contributed by atoms with van der Waals surface area (Å²) in [6.07, 6.45) is 1.57. The lowest BCUT2D eigenvalue weighted by atomic mass is 10.1. The van der Waals surface area contributed by atoms with Gasteiger partial charge in [-0.15, -0.1) is 0 Å². The van der Waals surface area contributed by atoms with Crippen molar-refractivity contribution in [3.8, 4) is 6.07 Å². The summed E-state index contributed by atoms with van der Waals surface area (Å²) in [4.78, 5) is 23.9. The zero-order chi connectivity index (χ0) is 19.1. The number of ether oxygens (including phenoxy) is 1. The van der Waals surface area contributed by atoms with Gasteiger partial charge in [-0.05, 0) is 35.9 Å². The van der Waals surface area contributed by atoms with Crippen molar-refractivity contribution in [3.05, 3.63) is 64.2 Å². The Morgan fingerprint density at radius 3 is 2.69 bits per heavy atom. The zero-order valence-electron chi connectivity index (χ0n) is 13.8. The van der Waals surface area contributed by atoms with E-state index in [0.29, 0.717) is 17.0 Å². The number of benzene rings is 2. The van der Waals surface area contributed by atoms with Gasteiger partial charge in [0.25, 0.3) is 5.91 Å². The first-order valence-corrected chi connectivity index (χ1v) is 9.55. The fourth-order valence-corrected chi connectivity index (χ4v) is 2.99. The average molecular weight is 391 g/mol. The minimum absolute atomic E-state index is 0.215. The number of esters is 1. The monoisotopic (exact) mass is 390 g/mol. The maximum Gasteiger partial charge on any atom is 0.338 e. The van der Waals surface area contributed by atoms with Gasteiger partial charge in [-0.1, -0.05) is 23.7 Å². The first-order chi connectivity index (χ1) is 12.4. The quantitative estimate of drug-likeness (QED) is 0.765. The fourth-order valence-electron chi connectivity index (χ4n) is 2.12. The third-order valence-electron chi connectivity index (χ3n) is 3.24. The molecule has 0 radical (unpaired) electrons. The van der Waals surface area contributed by atoms with Crippen LogP contribution in [0.1, 0.15) is 21.5 Å². The molecule has 2 aromatic rings. The molecule has 0 saturated heterocycles. The summed E-state index contributed by atoms with van der Waals surface area (Å²) in [5, 5.41) is 11.6. The Kier molecular flexibility index (Phi) is 6.89. The molecule has 8 heteroatoms. The van der Waals surface area contributed by atoms with Crippen LogP contribution in [0.15, 0.2) is 42.5 Å². The van der Waals surface area contributed by atoms with E-state index in [1.807, 2.05) is 6.07 Å². The molecule has 2 rings (SSSR count). The summed E-state index contributed by atoms with van der Waals surface area (Å²) >= 11 is 5.89. The molecule has 2 aromatic carbocycles. The Hall–Kier alpha value is -2.69. The normalized spacial score (nSPS) is 11.3. The van der Waals surface area contributed by atoms with E-state index in [2.05, 4.69) is 5.32 Å². The van der Waals surface area contributed by atoms with Crippen LogP contribution < -0.4 is 5.32 Å². The summed E-state index contributed by atoms with van der Waals surface area (Å²) in [5.41, 5.74) is 1.71. The highest BCUT2D eigenvalue weighted by Crippen LogP contribution is 2.20. The molecule has 0 fully saturated rings. The third kappa shape index (κ3) is 5.69. The van der Waals surface area contributed by atoms with Gasteiger partial charge in [0.15, 0.2) is 6.61 Å². The predicted octanol–water partition coefficient (Wildman–Crippen LogP) is 2.89. The topological polar surface area (TPSA) is 96.3 Å². The molecule has 1 atom stereocenters. The van der Waals surface area contributed by atoms with E-state index in [-0.39, 0.29) is 10.6 Å². The Morgan fingerprint density at radius 2 is 2.04 bits per heavy atom. The predicted molar refractivity (Wildman–Crippen MR) is 99.3 cm³/mol. The lowest BCUT2D eigenvalue weighted by Gasteiger charge is -2.08. The molecular weight excluding hydrogens is 376 g/mol. The number of halogens is 1. The van der Waals surface area contributed by atoms with Crippen LogP contribution >= 0.6 is 11.6 Å². The standard InChI is InChI=1S/C18H15ClN2O4S/c1-26(24)11-12-3-2-4-13(7-12)18(23)25-10-17(22)21-15-6-5-14(9-20)16(19)8-15/h2-8H,10-11H2,1H3,(H,21,22). The molecule has 134 valence electrons. The largest absolute Gasteiger partial charge is 0.452 e. The van der Waals surface area contributed by atoms with Crippen molar-refractivity contribution in [1.29, 1.82) is 5.26 Å². The first-order valence-electron chi connectivity index (χ1n) is 7.44. The molecule has 0 bridgehead atoms. The molecule has 0 aliphatic heterocycles. The van der Waals surface area contributed by atoms with E-state index in [0.717, 1.165) is 5.56 Å². The van der Waals surface area contributed by atoms with Gasteiger partial charge < -0.3 is 10.1 Å². The number of hydrogen-bond acceptors (Lipinski definition) is 5. The summed E-state index contributed by atoms with van der Waals surface area (Å²) in [6.45, 7) is -0.472. The zero-order valence-corrected chi connectivity index (χ0v) is 15.4. The highest BCUT2D eigenvalue weighted by molar-refractivity contribution is 7.83. The van der Waals surface area contributed by atoms with E-state index in [9.17, 15) is 13.8 Å². The molecule has 1 N–H and O–H groups in total. The van der Waals surface area contributed by atoms with Crippen molar-refractivity contribution in [3.63, 3.8) is 0 Å². The Labute approximate surface area is 158 Å². The Bertz CT molecular complexity index is 908. The number of nitrogens with zero attached hydrogens (tertiary/aromatic N) is 1. The van der Waals surface area contributed by atoms with Gasteiger partial charge in [-0.25, -0.2) is 4.79 Å². The number of anilines is 1. The van der Waals surface area contributed by atoms with Crippen LogP contribution in [0, 0.1) is 11.3 Å². The first kappa shape index (κ1) is 19.6. The smallest absolute Gasteiger partial charge is 0.338 e. The maximum absolute atomic E-state index is 12.0. The minimum Gasteiger partial charge on any atom is -0.452 e. The van der Waals surface area contributed by atoms with E-state index < -0.39 is 29.3 Å². The van der Waals surface area contributed by atoms with Crippen LogP contribution in [0.5, 0.6) is 0 Å². The second kappa shape index (κ2) is 9.13. The van der Waals surface area contributed by atoms with Gasteiger partial charge >= 0.3 is 5.97 Å². The van der Waals surface area contributed by atoms with Crippen molar-refractivity contribution in [1.82, 2.24) is 0 Å². The van der Waals surface area contributed by atoms with Crippen LogP contribution in [-0.2, 0) is 26.1 Å². The van der Waals surface area contributed by atoms with Crippen molar-refractivity contribution in [2.75, 3.05) is 18.2 Å². The van der Waals surface area contributed by atoms with Gasteiger partial charge in [0.05, 0.1) is 16.1 Å². The summed E-state index contributed by atoms with van der Waals surface area (Å²) in [5.74, 6) is -0.854. The molecule has 0 aliphatic carbocycles. The van der Waals surface area contributed by atoms with Gasteiger partial charge in [0.2, 0.25) is 0 Å². The molecular formula is C18H15ClN2O4S. The molecule has 0 heterocycles.